The largest absolute Gasteiger partial charge is 0.483 e. The van der Waals surface area contributed by atoms with Crippen molar-refractivity contribution in [2.75, 3.05) is 6.61 Å². The Morgan fingerprint density at radius 1 is 1.06 bits per heavy atom. The Labute approximate surface area is 184 Å². The number of carbonyl (C=O) groups excluding carboxylic acids is 2. The van der Waals surface area contributed by atoms with Gasteiger partial charge in [0.15, 0.2) is 6.61 Å². The Hall–Kier alpha value is -2.89. The molecule has 2 atom stereocenters. The number of hydrogen-bond donors (Lipinski definition) is 1. The van der Waals surface area contributed by atoms with E-state index in [1.807, 2.05) is 52.8 Å². The zero-order valence-corrected chi connectivity index (χ0v) is 19.1. The summed E-state index contributed by atoms with van der Waals surface area (Å²) >= 11 is 0. The molecule has 0 radical (unpaired) electrons. The first-order valence-corrected chi connectivity index (χ1v) is 10.8. The van der Waals surface area contributed by atoms with E-state index < -0.39 is 6.04 Å². The summed E-state index contributed by atoms with van der Waals surface area (Å²) in [5.41, 5.74) is 2.72. The molecule has 0 saturated carbocycles. The first-order valence-electron chi connectivity index (χ1n) is 10.8. The van der Waals surface area contributed by atoms with Gasteiger partial charge in [0.25, 0.3) is 5.91 Å². The topological polar surface area (TPSA) is 58.6 Å². The summed E-state index contributed by atoms with van der Waals surface area (Å²) in [7, 11) is 0. The van der Waals surface area contributed by atoms with Gasteiger partial charge in [0.2, 0.25) is 5.91 Å². The van der Waals surface area contributed by atoms with Gasteiger partial charge in [0, 0.05) is 12.6 Å². The van der Waals surface area contributed by atoms with Gasteiger partial charge in [0.05, 0.1) is 0 Å². The number of nitrogens with zero attached hydrogens (tertiary/aromatic N) is 1. The van der Waals surface area contributed by atoms with Crippen LogP contribution in [0.4, 0.5) is 4.39 Å². The van der Waals surface area contributed by atoms with Crippen molar-refractivity contribution in [1.82, 2.24) is 10.2 Å². The third-order valence-corrected chi connectivity index (χ3v) is 5.35. The lowest BCUT2D eigenvalue weighted by molar-refractivity contribution is -0.143. The molecule has 0 aliphatic carbocycles. The predicted octanol–water partition coefficient (Wildman–Crippen LogP) is 4.54. The molecule has 0 spiro atoms. The molecule has 1 N–H and O–H groups in total. The van der Waals surface area contributed by atoms with Gasteiger partial charge < -0.3 is 15.0 Å². The maximum absolute atomic E-state index is 13.3. The molecule has 0 aliphatic rings. The molecule has 0 heterocycles. The summed E-state index contributed by atoms with van der Waals surface area (Å²) in [6.45, 7) is 9.69. The molecular weight excluding hydrogens is 395 g/mol. The summed E-state index contributed by atoms with van der Waals surface area (Å²) in [5, 5.41) is 2.97. The van der Waals surface area contributed by atoms with E-state index in [4.69, 9.17) is 4.74 Å². The normalized spacial score (nSPS) is 12.7. The van der Waals surface area contributed by atoms with Crippen LogP contribution < -0.4 is 10.1 Å². The second kappa shape index (κ2) is 11.5. The van der Waals surface area contributed by atoms with Gasteiger partial charge >= 0.3 is 0 Å². The quantitative estimate of drug-likeness (QED) is 0.604. The monoisotopic (exact) mass is 428 g/mol. The average Bonchev–Trinajstić information content (AvgIpc) is 2.75. The molecule has 2 aromatic carbocycles. The minimum absolute atomic E-state index is 0.00974. The van der Waals surface area contributed by atoms with E-state index in [-0.39, 0.29) is 36.8 Å². The summed E-state index contributed by atoms with van der Waals surface area (Å²) < 4.78 is 19.1. The highest BCUT2D eigenvalue weighted by Gasteiger charge is 2.29. The fraction of sp³-hybridized carbons (Fsp3) is 0.440. The van der Waals surface area contributed by atoms with Crippen molar-refractivity contribution >= 4 is 11.8 Å². The number of carbonyl (C=O) groups is 2. The zero-order valence-electron chi connectivity index (χ0n) is 19.1. The lowest BCUT2D eigenvalue weighted by Crippen LogP contribution is -2.51. The van der Waals surface area contributed by atoms with Crippen LogP contribution in [0.15, 0.2) is 42.5 Å². The summed E-state index contributed by atoms with van der Waals surface area (Å²) in [6, 6.07) is 11.1. The molecule has 2 aromatic rings. The number of amides is 2. The lowest BCUT2D eigenvalue weighted by atomic mass is 10.1. The number of benzene rings is 2. The van der Waals surface area contributed by atoms with Crippen LogP contribution >= 0.6 is 0 Å². The Morgan fingerprint density at radius 3 is 2.35 bits per heavy atom. The number of nitrogens with one attached hydrogen (secondary N) is 1. The molecule has 0 fully saturated rings. The number of aryl methyl sites for hydroxylation is 2. The summed E-state index contributed by atoms with van der Waals surface area (Å²) in [5.74, 6) is -0.191. The van der Waals surface area contributed by atoms with Crippen molar-refractivity contribution in [3.8, 4) is 5.75 Å². The number of halogens is 1. The van der Waals surface area contributed by atoms with Crippen molar-refractivity contribution in [3.05, 3.63) is 65.0 Å². The standard InChI is InChI=1S/C25H33FN2O3/c1-6-19(5)27-25(30)22(7-2)28(15-20-10-12-21(26)13-11-20)24(29)16-31-23-14-17(3)8-9-18(23)4/h8-14,19,22H,6-7,15-16H2,1-5H3,(H,27,30)/t19-,22-/m0/s1. The maximum atomic E-state index is 13.3. The molecule has 0 aromatic heterocycles. The fourth-order valence-corrected chi connectivity index (χ4v) is 3.23. The number of ether oxygens (including phenoxy) is 1. The second-order valence-electron chi connectivity index (χ2n) is 7.95. The van der Waals surface area contributed by atoms with E-state index in [1.165, 1.54) is 17.0 Å². The number of rotatable bonds is 10. The van der Waals surface area contributed by atoms with Crippen molar-refractivity contribution in [3.63, 3.8) is 0 Å². The minimum atomic E-state index is -0.645. The number of hydrogen-bond acceptors (Lipinski definition) is 3. The highest BCUT2D eigenvalue weighted by molar-refractivity contribution is 5.88. The van der Waals surface area contributed by atoms with Gasteiger partial charge in [-0.05, 0) is 68.5 Å². The zero-order chi connectivity index (χ0) is 23.0. The molecule has 0 unspecified atom stereocenters. The molecule has 31 heavy (non-hydrogen) atoms. The summed E-state index contributed by atoms with van der Waals surface area (Å²) in [4.78, 5) is 27.6. The second-order valence-corrected chi connectivity index (χ2v) is 7.95. The van der Waals surface area contributed by atoms with Crippen molar-refractivity contribution in [1.29, 1.82) is 0 Å². The van der Waals surface area contributed by atoms with Crippen LogP contribution in [0.5, 0.6) is 5.75 Å². The van der Waals surface area contributed by atoms with Crippen LogP contribution in [0.2, 0.25) is 0 Å². The molecular formula is C25H33FN2O3. The van der Waals surface area contributed by atoms with Crippen LogP contribution in [0.25, 0.3) is 0 Å². The van der Waals surface area contributed by atoms with Gasteiger partial charge in [-0.15, -0.1) is 0 Å². The van der Waals surface area contributed by atoms with E-state index in [0.717, 1.165) is 23.1 Å². The molecule has 168 valence electrons. The Balaban J connectivity index is 2.23. The highest BCUT2D eigenvalue weighted by atomic mass is 19.1. The third-order valence-electron chi connectivity index (χ3n) is 5.35. The third kappa shape index (κ3) is 7.09. The summed E-state index contributed by atoms with van der Waals surface area (Å²) in [6.07, 6.45) is 1.25. The van der Waals surface area contributed by atoms with Crippen molar-refractivity contribution < 1.29 is 18.7 Å². The lowest BCUT2D eigenvalue weighted by Gasteiger charge is -2.31. The fourth-order valence-electron chi connectivity index (χ4n) is 3.23. The van der Waals surface area contributed by atoms with Gasteiger partial charge in [-0.25, -0.2) is 4.39 Å². The molecule has 0 saturated heterocycles. The highest BCUT2D eigenvalue weighted by Crippen LogP contribution is 2.20. The first-order chi connectivity index (χ1) is 14.7. The predicted molar refractivity (Wildman–Crippen MR) is 120 cm³/mol. The van der Waals surface area contributed by atoms with Crippen LogP contribution in [0, 0.1) is 19.7 Å². The molecule has 6 heteroatoms. The Bertz CT molecular complexity index is 883. The molecule has 2 amide bonds. The van der Waals surface area contributed by atoms with Gasteiger partial charge in [0.1, 0.15) is 17.6 Å². The van der Waals surface area contributed by atoms with Crippen LogP contribution in [0.3, 0.4) is 0 Å². The van der Waals surface area contributed by atoms with Gasteiger partial charge in [-0.3, -0.25) is 9.59 Å². The average molecular weight is 429 g/mol. The van der Waals surface area contributed by atoms with Crippen molar-refractivity contribution in [2.24, 2.45) is 0 Å². The van der Waals surface area contributed by atoms with E-state index in [0.29, 0.717) is 12.2 Å². The van der Waals surface area contributed by atoms with Crippen LogP contribution in [-0.2, 0) is 16.1 Å². The smallest absolute Gasteiger partial charge is 0.261 e. The van der Waals surface area contributed by atoms with E-state index in [9.17, 15) is 14.0 Å². The molecule has 0 aliphatic heterocycles. The Kier molecular flexibility index (Phi) is 9.03. The van der Waals surface area contributed by atoms with E-state index >= 15 is 0 Å². The SMILES string of the molecule is CC[C@H](C)NC(=O)[C@H](CC)N(Cc1ccc(F)cc1)C(=O)COc1cc(C)ccc1C. The van der Waals surface area contributed by atoms with Gasteiger partial charge in [-0.1, -0.05) is 38.1 Å². The Morgan fingerprint density at radius 2 is 1.74 bits per heavy atom. The van der Waals surface area contributed by atoms with Gasteiger partial charge in [-0.2, -0.15) is 0 Å². The van der Waals surface area contributed by atoms with Crippen LogP contribution in [0.1, 0.15) is 50.3 Å². The molecule has 0 bridgehead atoms. The minimum Gasteiger partial charge on any atom is -0.483 e. The van der Waals surface area contributed by atoms with E-state index in [1.54, 1.807) is 12.1 Å². The van der Waals surface area contributed by atoms with E-state index in [2.05, 4.69) is 5.32 Å². The maximum Gasteiger partial charge on any atom is 0.261 e. The first kappa shape index (κ1) is 24.4. The van der Waals surface area contributed by atoms with Crippen molar-refractivity contribution in [2.45, 2.75) is 66.1 Å². The molecule has 2 rings (SSSR count). The molecule has 5 nitrogen and oxygen atoms in total. The van der Waals surface area contributed by atoms with Crippen LogP contribution in [-0.4, -0.2) is 35.4 Å².